The summed E-state index contributed by atoms with van der Waals surface area (Å²) in [6.07, 6.45) is 2.47. The van der Waals surface area contributed by atoms with Gasteiger partial charge in [-0.25, -0.2) is 9.48 Å². The first-order valence-corrected chi connectivity index (χ1v) is 16.8. The van der Waals surface area contributed by atoms with Crippen molar-refractivity contribution in [1.82, 2.24) is 9.78 Å². The summed E-state index contributed by atoms with van der Waals surface area (Å²) in [5, 5.41) is 9.71. The van der Waals surface area contributed by atoms with Gasteiger partial charge in [0.05, 0.1) is 11.2 Å². The third-order valence-corrected chi connectivity index (χ3v) is 13.1. The quantitative estimate of drug-likeness (QED) is 0.213. The zero-order chi connectivity index (χ0) is 30.0. The van der Waals surface area contributed by atoms with E-state index < -0.39 is 14.4 Å². The molecule has 1 amide bonds. The molecule has 1 saturated carbocycles. The summed E-state index contributed by atoms with van der Waals surface area (Å²) in [5.74, 6) is 1.45. The zero-order valence-corrected chi connectivity index (χ0v) is 26.4. The number of hydrogen-bond donors (Lipinski definition) is 2. The minimum Gasteiger partial charge on any atom is -0.444 e. The molecule has 1 fully saturated rings. The van der Waals surface area contributed by atoms with E-state index in [1.807, 2.05) is 77.5 Å². The van der Waals surface area contributed by atoms with Crippen molar-refractivity contribution in [3.63, 3.8) is 0 Å². The van der Waals surface area contributed by atoms with Gasteiger partial charge in [-0.15, -0.1) is 0 Å². The Morgan fingerprint density at radius 2 is 1.43 bits per heavy atom. The first-order valence-electron chi connectivity index (χ1n) is 14.9. The van der Waals surface area contributed by atoms with E-state index in [1.165, 1.54) is 0 Å². The van der Waals surface area contributed by atoms with Crippen molar-refractivity contribution in [2.75, 3.05) is 5.32 Å². The van der Waals surface area contributed by atoms with Crippen molar-refractivity contribution in [2.45, 2.75) is 77.0 Å². The Kier molecular flexibility index (Phi) is 8.44. The summed E-state index contributed by atoms with van der Waals surface area (Å²) in [6.45, 7) is 10.9. The molecule has 1 heterocycles. The highest BCUT2D eigenvalue weighted by Crippen LogP contribution is 2.51. The fourth-order valence-corrected chi connectivity index (χ4v) is 10.2. The molecule has 220 valence electrons. The van der Waals surface area contributed by atoms with Gasteiger partial charge in [0.25, 0.3) is 8.32 Å². The van der Waals surface area contributed by atoms with E-state index in [0.29, 0.717) is 17.7 Å². The van der Waals surface area contributed by atoms with Crippen LogP contribution in [0.4, 0.5) is 10.6 Å². The molecule has 7 heteroatoms. The fraction of sp³-hybridized carbons (Fsp3) is 0.371. The Balaban J connectivity index is 1.28. The molecule has 0 spiro atoms. The molecule has 0 aliphatic heterocycles. The fourth-order valence-electron chi connectivity index (χ4n) is 6.38. The second-order valence-corrected chi connectivity index (χ2v) is 17.2. The summed E-state index contributed by atoms with van der Waals surface area (Å²) in [5.41, 5.74) is 1.63. The largest absolute Gasteiger partial charge is 0.444 e. The third kappa shape index (κ3) is 6.22. The average molecular weight is 582 g/mol. The Bertz CT molecular complexity index is 1430. The monoisotopic (exact) mass is 581 g/mol. The first kappa shape index (κ1) is 29.8. The lowest BCUT2D eigenvalue weighted by Crippen LogP contribution is -2.65. The van der Waals surface area contributed by atoms with Crippen LogP contribution in [0.1, 0.15) is 71.1 Å². The van der Waals surface area contributed by atoms with Crippen LogP contribution in [0, 0.1) is 5.92 Å². The van der Waals surface area contributed by atoms with Crippen LogP contribution in [-0.2, 0) is 16.9 Å². The predicted octanol–water partition coefficient (Wildman–Crippen LogP) is 6.80. The summed E-state index contributed by atoms with van der Waals surface area (Å²) in [4.78, 5) is 25.2. The lowest BCUT2D eigenvalue weighted by molar-refractivity contribution is 0.154. The van der Waals surface area contributed by atoms with Crippen molar-refractivity contribution in [2.24, 2.45) is 5.92 Å². The number of amides is 1. The standard InChI is InChI=1S/C35H43N3O3Si/c1-34(2,3)38-32(36-33(39)41-25-26-15-9-6-10-16-26)23-31(37-38)28-21-27(22-28)24-35(4,5)42(40,29-17-11-7-12-18-29)30-19-13-8-14-20-30/h6-20,23,27-28,40H,21-22,24-25H2,1-5H3,(H,36,39). The molecule has 0 radical (unpaired) electrons. The smallest absolute Gasteiger partial charge is 0.413 e. The molecule has 1 aliphatic carbocycles. The van der Waals surface area contributed by atoms with E-state index in [-0.39, 0.29) is 17.2 Å². The van der Waals surface area contributed by atoms with E-state index in [4.69, 9.17) is 9.84 Å². The number of anilines is 1. The van der Waals surface area contributed by atoms with Crippen LogP contribution >= 0.6 is 0 Å². The van der Waals surface area contributed by atoms with Gasteiger partial charge in [0.1, 0.15) is 12.4 Å². The van der Waals surface area contributed by atoms with Crippen molar-refractivity contribution in [3.8, 4) is 0 Å². The number of nitrogens with zero attached hydrogens (tertiary/aromatic N) is 2. The number of ether oxygens (including phenoxy) is 1. The number of carbonyl (C=O) groups excluding carboxylic acids is 1. The number of hydrogen-bond acceptors (Lipinski definition) is 4. The van der Waals surface area contributed by atoms with Crippen LogP contribution in [-0.4, -0.2) is 29.0 Å². The Labute approximate surface area is 250 Å². The van der Waals surface area contributed by atoms with Gasteiger partial charge in [0.2, 0.25) is 0 Å². The molecule has 0 atom stereocenters. The minimum atomic E-state index is -3.04. The van der Waals surface area contributed by atoms with Crippen molar-refractivity contribution in [1.29, 1.82) is 0 Å². The molecule has 5 rings (SSSR count). The molecule has 4 aromatic rings. The number of carbonyl (C=O) groups is 1. The van der Waals surface area contributed by atoms with Gasteiger partial charge in [0, 0.05) is 12.0 Å². The maximum absolute atomic E-state index is 12.7. The molecule has 0 bridgehead atoms. The molecule has 2 N–H and O–H groups in total. The van der Waals surface area contributed by atoms with Gasteiger partial charge in [-0.2, -0.15) is 5.10 Å². The van der Waals surface area contributed by atoms with Gasteiger partial charge < -0.3 is 9.53 Å². The van der Waals surface area contributed by atoms with Crippen LogP contribution in [0.25, 0.3) is 0 Å². The second-order valence-electron chi connectivity index (χ2n) is 13.3. The zero-order valence-electron chi connectivity index (χ0n) is 25.4. The molecule has 3 aromatic carbocycles. The molecule has 6 nitrogen and oxygen atoms in total. The molecule has 0 unspecified atom stereocenters. The van der Waals surface area contributed by atoms with Gasteiger partial charge in [-0.05, 0) is 66.9 Å². The van der Waals surface area contributed by atoms with Crippen LogP contribution in [0.3, 0.4) is 0 Å². The Morgan fingerprint density at radius 3 is 1.95 bits per heavy atom. The summed E-state index contributed by atoms with van der Waals surface area (Å²) < 4.78 is 7.36. The predicted molar refractivity (Wildman–Crippen MR) is 172 cm³/mol. The van der Waals surface area contributed by atoms with E-state index in [9.17, 15) is 9.59 Å². The van der Waals surface area contributed by atoms with Crippen LogP contribution in [0.5, 0.6) is 0 Å². The van der Waals surface area contributed by atoms with Crippen molar-refractivity contribution < 1.29 is 14.3 Å². The topological polar surface area (TPSA) is 76.4 Å². The van der Waals surface area contributed by atoms with Crippen molar-refractivity contribution >= 4 is 30.6 Å². The van der Waals surface area contributed by atoms with Gasteiger partial charge >= 0.3 is 6.09 Å². The van der Waals surface area contributed by atoms with Crippen LogP contribution in [0.2, 0.25) is 5.04 Å². The summed E-state index contributed by atoms with van der Waals surface area (Å²) in [7, 11) is -3.04. The Hall–Kier alpha value is -3.68. The van der Waals surface area contributed by atoms with Crippen LogP contribution < -0.4 is 15.7 Å². The molecule has 1 aliphatic rings. The molecule has 1 aromatic heterocycles. The highest BCUT2D eigenvalue weighted by molar-refractivity contribution is 6.98. The average Bonchev–Trinajstić information content (AvgIpc) is 3.38. The van der Waals surface area contributed by atoms with Gasteiger partial charge in [0.15, 0.2) is 0 Å². The van der Waals surface area contributed by atoms with E-state index in [0.717, 1.165) is 40.9 Å². The maximum Gasteiger partial charge on any atom is 0.413 e. The Morgan fingerprint density at radius 1 is 0.905 bits per heavy atom. The highest BCUT2D eigenvalue weighted by atomic mass is 28.4. The van der Waals surface area contributed by atoms with E-state index in [2.05, 4.69) is 64.2 Å². The number of aromatic nitrogens is 2. The maximum atomic E-state index is 12.7. The molecular weight excluding hydrogens is 538 g/mol. The number of rotatable bonds is 9. The molecule has 0 saturated heterocycles. The first-order chi connectivity index (χ1) is 20.0. The summed E-state index contributed by atoms with van der Waals surface area (Å²) in [6, 6.07) is 32.1. The van der Waals surface area contributed by atoms with E-state index >= 15 is 0 Å². The van der Waals surface area contributed by atoms with Gasteiger partial charge in [-0.1, -0.05) is 105 Å². The van der Waals surface area contributed by atoms with E-state index in [1.54, 1.807) is 0 Å². The lowest BCUT2D eigenvalue weighted by Gasteiger charge is -2.46. The SMILES string of the molecule is CC(C)(C)n1nc(C2CC(CC(C)(C)[Si](O)(c3ccccc3)c3ccccc3)C2)cc1NC(=O)OCc1ccccc1. The molecule has 42 heavy (non-hydrogen) atoms. The van der Waals surface area contributed by atoms with Crippen LogP contribution in [0.15, 0.2) is 97.1 Å². The molecular formula is C35H43N3O3Si. The minimum absolute atomic E-state index is 0.213. The number of nitrogens with one attached hydrogen (secondary N) is 1. The summed E-state index contributed by atoms with van der Waals surface area (Å²) >= 11 is 0. The van der Waals surface area contributed by atoms with Gasteiger partial charge in [-0.3, -0.25) is 5.32 Å². The second kappa shape index (κ2) is 11.9. The lowest BCUT2D eigenvalue weighted by atomic mass is 9.70. The van der Waals surface area contributed by atoms with Crippen molar-refractivity contribution in [3.05, 3.63) is 108 Å². The normalized spacial score (nSPS) is 17.4. The highest BCUT2D eigenvalue weighted by Gasteiger charge is 2.52. The third-order valence-electron chi connectivity index (χ3n) is 8.62. The number of benzene rings is 3.